The maximum absolute atomic E-state index is 11.5. The summed E-state index contributed by atoms with van der Waals surface area (Å²) in [4.78, 5) is 15.2. The number of likely N-dealkylation sites (N-methyl/N-ethyl adjacent to an activating group) is 1. The van der Waals surface area contributed by atoms with E-state index in [2.05, 4.69) is 0 Å². The van der Waals surface area contributed by atoms with Gasteiger partial charge >= 0.3 is 0 Å². The molecule has 0 aliphatic rings. The Morgan fingerprint density at radius 1 is 1.08 bits per heavy atom. The maximum atomic E-state index is 11.5. The molecule has 0 spiro atoms. The zero-order valence-electron chi connectivity index (χ0n) is 16.9. The highest BCUT2D eigenvalue weighted by atomic mass is 16.5. The summed E-state index contributed by atoms with van der Waals surface area (Å²) in [5.74, 6) is 0.0592. The second-order valence-electron chi connectivity index (χ2n) is 7.99. The molecule has 144 valence electrons. The Kier molecular flexibility index (Phi) is 10.0. The van der Waals surface area contributed by atoms with Crippen LogP contribution in [0, 0.1) is 0 Å². The van der Waals surface area contributed by atoms with Crippen LogP contribution in [0.3, 0.4) is 0 Å². The zero-order chi connectivity index (χ0) is 19.0. The van der Waals surface area contributed by atoms with Gasteiger partial charge in [-0.1, -0.05) is 0 Å². The number of carbonyl (C=O) groups is 1. The van der Waals surface area contributed by atoms with Gasteiger partial charge in [0.1, 0.15) is 0 Å². The van der Waals surface area contributed by atoms with Crippen molar-refractivity contribution in [2.75, 3.05) is 47.5 Å². The van der Waals surface area contributed by atoms with Crippen molar-refractivity contribution in [3.05, 3.63) is 0 Å². The smallest absolute Gasteiger partial charge is 0.219 e. The van der Waals surface area contributed by atoms with Crippen molar-refractivity contribution in [3.8, 4) is 0 Å². The summed E-state index contributed by atoms with van der Waals surface area (Å²) in [7, 11) is 5.66. The minimum atomic E-state index is -0.466. The van der Waals surface area contributed by atoms with E-state index in [1.165, 1.54) is 0 Å². The molecule has 6 nitrogen and oxygen atoms in total. The van der Waals surface area contributed by atoms with Crippen LogP contribution in [0.1, 0.15) is 47.5 Å². The van der Waals surface area contributed by atoms with E-state index < -0.39 is 6.10 Å². The molecule has 0 saturated heterocycles. The third-order valence-corrected chi connectivity index (χ3v) is 4.32. The van der Waals surface area contributed by atoms with E-state index in [0.29, 0.717) is 26.4 Å². The number of aliphatic hydroxyl groups is 1. The number of hydrogen-bond donors (Lipinski definition) is 1. The fourth-order valence-electron chi connectivity index (χ4n) is 2.25. The number of rotatable bonds is 12. The van der Waals surface area contributed by atoms with Crippen LogP contribution in [0.25, 0.3) is 0 Å². The highest BCUT2D eigenvalue weighted by molar-refractivity contribution is 5.73. The third kappa shape index (κ3) is 10.2. The van der Waals surface area contributed by atoms with Crippen molar-refractivity contribution in [1.82, 2.24) is 9.80 Å². The highest BCUT2D eigenvalue weighted by Gasteiger charge is 2.27. The van der Waals surface area contributed by atoms with Gasteiger partial charge < -0.3 is 24.4 Å². The van der Waals surface area contributed by atoms with Gasteiger partial charge in [-0.05, 0) is 54.6 Å². The molecule has 0 fully saturated rings. The van der Waals surface area contributed by atoms with Gasteiger partial charge in [-0.2, -0.15) is 0 Å². The summed E-state index contributed by atoms with van der Waals surface area (Å²) in [6.45, 7) is 11.8. The second-order valence-corrected chi connectivity index (χ2v) is 7.99. The molecule has 0 aromatic heterocycles. The second kappa shape index (κ2) is 10.3. The van der Waals surface area contributed by atoms with Gasteiger partial charge in [0.05, 0.1) is 18.3 Å². The molecule has 0 rings (SSSR count). The first-order valence-corrected chi connectivity index (χ1v) is 8.66. The summed E-state index contributed by atoms with van der Waals surface area (Å²) in [5.41, 5.74) is -0.522. The SMILES string of the molecule is CC(=O)N(C)C(C)(C)CCOC(C)(C)CCOCC(O)CN(C)C. The van der Waals surface area contributed by atoms with Crippen molar-refractivity contribution in [1.29, 1.82) is 0 Å². The third-order valence-electron chi connectivity index (χ3n) is 4.32. The first-order valence-electron chi connectivity index (χ1n) is 8.66. The molecule has 1 N–H and O–H groups in total. The molecule has 0 saturated carbocycles. The van der Waals surface area contributed by atoms with E-state index in [-0.39, 0.29) is 17.0 Å². The monoisotopic (exact) mass is 346 g/mol. The lowest BCUT2D eigenvalue weighted by molar-refractivity contribution is -0.133. The lowest BCUT2D eigenvalue weighted by Crippen LogP contribution is -2.45. The summed E-state index contributed by atoms with van der Waals surface area (Å²) in [5, 5.41) is 9.75. The van der Waals surface area contributed by atoms with E-state index in [0.717, 1.165) is 12.8 Å². The van der Waals surface area contributed by atoms with Crippen molar-refractivity contribution in [2.24, 2.45) is 0 Å². The fraction of sp³-hybridized carbons (Fsp3) is 0.944. The summed E-state index contributed by atoms with van der Waals surface area (Å²) in [6, 6.07) is 0. The van der Waals surface area contributed by atoms with E-state index in [1.54, 1.807) is 11.8 Å². The molecule has 0 aliphatic carbocycles. The molecule has 0 bridgehead atoms. The molecule has 0 radical (unpaired) electrons. The Bertz CT molecular complexity index is 370. The van der Waals surface area contributed by atoms with Crippen LogP contribution in [0.2, 0.25) is 0 Å². The molecule has 0 heterocycles. The zero-order valence-corrected chi connectivity index (χ0v) is 16.9. The lowest BCUT2D eigenvalue weighted by atomic mass is 9.98. The number of carbonyl (C=O) groups excluding carboxylic acids is 1. The van der Waals surface area contributed by atoms with E-state index in [1.807, 2.05) is 53.7 Å². The van der Waals surface area contributed by atoms with Crippen molar-refractivity contribution in [2.45, 2.75) is 64.7 Å². The van der Waals surface area contributed by atoms with Crippen LogP contribution in [0.4, 0.5) is 0 Å². The van der Waals surface area contributed by atoms with Crippen molar-refractivity contribution < 1.29 is 19.4 Å². The fourth-order valence-corrected chi connectivity index (χ4v) is 2.25. The van der Waals surface area contributed by atoms with Gasteiger partial charge in [0.15, 0.2) is 0 Å². The normalized spacial score (nSPS) is 14.1. The van der Waals surface area contributed by atoms with Crippen LogP contribution < -0.4 is 0 Å². The van der Waals surface area contributed by atoms with E-state index >= 15 is 0 Å². The predicted molar refractivity (Wildman–Crippen MR) is 97.2 cm³/mol. The molecule has 1 atom stereocenters. The van der Waals surface area contributed by atoms with Gasteiger partial charge in [0, 0.05) is 39.3 Å². The Morgan fingerprint density at radius 3 is 2.17 bits per heavy atom. The minimum Gasteiger partial charge on any atom is -0.389 e. The van der Waals surface area contributed by atoms with Gasteiger partial charge in [0.2, 0.25) is 5.91 Å². The first kappa shape index (κ1) is 23.3. The average molecular weight is 347 g/mol. The van der Waals surface area contributed by atoms with Gasteiger partial charge in [-0.25, -0.2) is 0 Å². The molecular formula is C18H38N2O4. The summed E-state index contributed by atoms with van der Waals surface area (Å²) in [6.07, 6.45) is 1.06. The Morgan fingerprint density at radius 2 is 1.67 bits per heavy atom. The van der Waals surface area contributed by atoms with Crippen molar-refractivity contribution >= 4 is 5.91 Å². The molecule has 1 unspecified atom stereocenters. The van der Waals surface area contributed by atoms with Crippen LogP contribution in [0.5, 0.6) is 0 Å². The van der Waals surface area contributed by atoms with Crippen LogP contribution in [-0.4, -0.2) is 85.6 Å². The van der Waals surface area contributed by atoms with Gasteiger partial charge in [0.25, 0.3) is 0 Å². The number of hydrogen-bond acceptors (Lipinski definition) is 5. The first-order chi connectivity index (χ1) is 10.9. The topological polar surface area (TPSA) is 62.2 Å². The Balaban J connectivity index is 4.03. The molecule has 0 aliphatic heterocycles. The average Bonchev–Trinajstić information content (AvgIpc) is 2.41. The van der Waals surface area contributed by atoms with Crippen LogP contribution in [-0.2, 0) is 14.3 Å². The number of amides is 1. The Labute approximate surface area is 148 Å². The van der Waals surface area contributed by atoms with Crippen LogP contribution in [0.15, 0.2) is 0 Å². The molecule has 1 amide bonds. The Hall–Kier alpha value is -0.690. The van der Waals surface area contributed by atoms with E-state index in [9.17, 15) is 9.90 Å². The quantitative estimate of drug-likeness (QED) is 0.546. The molecule has 6 heteroatoms. The number of ether oxygens (including phenoxy) is 2. The molecule has 0 aromatic carbocycles. The standard InChI is InChI=1S/C18H38N2O4/c1-15(21)20(8)17(2,3)9-12-24-18(4,5)10-11-23-14-16(22)13-19(6)7/h16,22H,9-14H2,1-8H3. The summed E-state index contributed by atoms with van der Waals surface area (Å²) >= 11 is 0. The predicted octanol–water partition coefficient (Wildman–Crippen LogP) is 1.76. The highest BCUT2D eigenvalue weighted by Crippen LogP contribution is 2.21. The van der Waals surface area contributed by atoms with Crippen LogP contribution >= 0.6 is 0 Å². The molecule has 0 aromatic rings. The van der Waals surface area contributed by atoms with Crippen molar-refractivity contribution in [3.63, 3.8) is 0 Å². The minimum absolute atomic E-state index is 0.0592. The maximum Gasteiger partial charge on any atom is 0.219 e. The number of aliphatic hydroxyl groups excluding tert-OH is 1. The molecular weight excluding hydrogens is 308 g/mol. The lowest BCUT2D eigenvalue weighted by Gasteiger charge is -2.36. The summed E-state index contributed by atoms with van der Waals surface area (Å²) < 4.78 is 11.5. The largest absolute Gasteiger partial charge is 0.389 e. The van der Waals surface area contributed by atoms with Gasteiger partial charge in [-0.3, -0.25) is 4.79 Å². The molecule has 24 heavy (non-hydrogen) atoms. The van der Waals surface area contributed by atoms with E-state index in [4.69, 9.17) is 9.47 Å². The van der Waals surface area contributed by atoms with Gasteiger partial charge in [-0.15, -0.1) is 0 Å². The number of nitrogens with zero attached hydrogens (tertiary/aromatic N) is 2.